The Morgan fingerprint density at radius 1 is 1.48 bits per heavy atom. The van der Waals surface area contributed by atoms with Crippen LogP contribution in [-0.2, 0) is 24.3 Å². The van der Waals surface area contributed by atoms with Gasteiger partial charge in [0.2, 0.25) is 0 Å². The van der Waals surface area contributed by atoms with E-state index in [0.29, 0.717) is 26.1 Å². The van der Waals surface area contributed by atoms with Crippen molar-refractivity contribution >= 4 is 39.1 Å². The first-order valence-corrected chi connectivity index (χ1v) is 8.09. The molecule has 4 nitrogen and oxygen atoms in total. The molecule has 3 rings (SSSR count). The van der Waals surface area contributed by atoms with E-state index in [1.165, 1.54) is 0 Å². The van der Waals surface area contributed by atoms with Gasteiger partial charge in [0.1, 0.15) is 0 Å². The molecule has 0 radical (unpaired) electrons. The van der Waals surface area contributed by atoms with Crippen molar-refractivity contribution in [2.24, 2.45) is 0 Å². The van der Waals surface area contributed by atoms with Crippen molar-refractivity contribution in [2.75, 3.05) is 13.2 Å². The Balaban J connectivity index is 2.10. The zero-order valence-corrected chi connectivity index (χ0v) is 13.3. The van der Waals surface area contributed by atoms with Crippen molar-refractivity contribution in [3.05, 3.63) is 33.2 Å². The average molecular weight is 326 g/mol. The predicted octanol–water partition coefficient (Wildman–Crippen LogP) is 3.56. The highest BCUT2D eigenvalue weighted by atomic mass is 35.5. The van der Waals surface area contributed by atoms with Gasteiger partial charge < -0.3 is 14.7 Å². The fraction of sp³-hybridized carbons (Fsp3) is 0.400. The molecule has 21 heavy (non-hydrogen) atoms. The third-order valence-corrected chi connectivity index (χ3v) is 5.28. The number of nitrogens with zero attached hydrogens (tertiary/aromatic N) is 1. The van der Waals surface area contributed by atoms with Crippen molar-refractivity contribution in [3.63, 3.8) is 0 Å². The summed E-state index contributed by atoms with van der Waals surface area (Å²) in [5.41, 5.74) is 2.06. The molecule has 2 aromatic rings. The highest BCUT2D eigenvalue weighted by Gasteiger charge is 2.25. The first kappa shape index (κ1) is 14.6. The normalized spacial score (nSPS) is 14.3. The van der Waals surface area contributed by atoms with E-state index in [4.69, 9.17) is 16.3 Å². The van der Waals surface area contributed by atoms with Gasteiger partial charge in [-0.2, -0.15) is 0 Å². The Hall–Kier alpha value is -1.30. The van der Waals surface area contributed by atoms with Crippen LogP contribution in [-0.4, -0.2) is 29.3 Å². The number of aliphatic hydroxyl groups excluding tert-OH is 1. The first-order valence-electron chi connectivity index (χ1n) is 6.89. The van der Waals surface area contributed by atoms with Gasteiger partial charge in [-0.25, -0.2) is 4.79 Å². The van der Waals surface area contributed by atoms with E-state index in [-0.39, 0.29) is 12.7 Å². The van der Waals surface area contributed by atoms with Gasteiger partial charge in [0.15, 0.2) is 0 Å². The minimum Gasteiger partial charge on any atom is -0.450 e. The summed E-state index contributed by atoms with van der Waals surface area (Å²) in [7, 11) is 0. The van der Waals surface area contributed by atoms with Crippen molar-refractivity contribution in [2.45, 2.75) is 26.5 Å². The van der Waals surface area contributed by atoms with Crippen LogP contribution >= 0.6 is 22.9 Å². The monoisotopic (exact) mass is 325 g/mol. The van der Waals surface area contributed by atoms with E-state index in [0.717, 1.165) is 31.1 Å². The number of halogens is 1. The standard InChI is InChI=1S/C15H16ClNO3S/c1-2-20-15(19)17-6-5-9-11(16)3-4-12-14(9)10(7-17)13(8-18)21-12/h3-4,18H,2,5-8H2,1H3. The smallest absolute Gasteiger partial charge is 0.410 e. The van der Waals surface area contributed by atoms with E-state index in [9.17, 15) is 9.90 Å². The Labute approximate surface area is 131 Å². The summed E-state index contributed by atoms with van der Waals surface area (Å²) in [4.78, 5) is 14.6. The molecular formula is C15H16ClNO3S. The fourth-order valence-corrected chi connectivity index (χ4v) is 4.13. The molecule has 1 aliphatic heterocycles. The zero-order valence-electron chi connectivity index (χ0n) is 11.7. The number of benzene rings is 1. The summed E-state index contributed by atoms with van der Waals surface area (Å²) < 4.78 is 6.22. The van der Waals surface area contributed by atoms with Crippen LogP contribution in [0.2, 0.25) is 5.02 Å². The molecule has 0 atom stereocenters. The molecule has 1 aromatic heterocycles. The first-order chi connectivity index (χ1) is 10.2. The van der Waals surface area contributed by atoms with Gasteiger partial charge in [-0.05, 0) is 36.6 Å². The molecule has 6 heteroatoms. The number of thiophene rings is 1. The van der Waals surface area contributed by atoms with Crippen LogP contribution in [0.5, 0.6) is 0 Å². The maximum absolute atomic E-state index is 12.0. The van der Waals surface area contributed by atoms with Crippen molar-refractivity contribution in [3.8, 4) is 0 Å². The second-order valence-corrected chi connectivity index (χ2v) is 6.48. The minimum atomic E-state index is -0.315. The Morgan fingerprint density at radius 2 is 2.29 bits per heavy atom. The molecule has 0 spiro atoms. The number of hydrogen-bond acceptors (Lipinski definition) is 4. The largest absolute Gasteiger partial charge is 0.450 e. The zero-order chi connectivity index (χ0) is 15.0. The highest BCUT2D eigenvalue weighted by molar-refractivity contribution is 7.19. The van der Waals surface area contributed by atoms with Gasteiger partial charge in [-0.3, -0.25) is 0 Å². The summed E-state index contributed by atoms with van der Waals surface area (Å²) in [6, 6.07) is 3.87. The van der Waals surface area contributed by atoms with E-state index in [1.807, 2.05) is 12.1 Å². The molecule has 0 unspecified atom stereocenters. The summed E-state index contributed by atoms with van der Waals surface area (Å²) in [6.07, 6.45) is 0.383. The molecule has 1 amide bonds. The minimum absolute atomic E-state index is 0.0254. The number of rotatable bonds is 2. The topological polar surface area (TPSA) is 49.8 Å². The molecule has 1 N–H and O–H groups in total. The summed E-state index contributed by atoms with van der Waals surface area (Å²) in [5.74, 6) is 0. The van der Waals surface area contributed by atoms with Crippen molar-refractivity contribution in [1.82, 2.24) is 4.90 Å². The Bertz CT molecular complexity index is 698. The van der Waals surface area contributed by atoms with Crippen molar-refractivity contribution < 1.29 is 14.6 Å². The van der Waals surface area contributed by atoms with Crippen LogP contribution in [0.15, 0.2) is 12.1 Å². The molecule has 0 fully saturated rings. The predicted molar refractivity (Wildman–Crippen MR) is 83.9 cm³/mol. The van der Waals surface area contributed by atoms with E-state index >= 15 is 0 Å². The van der Waals surface area contributed by atoms with Gasteiger partial charge in [0.25, 0.3) is 0 Å². The van der Waals surface area contributed by atoms with Gasteiger partial charge in [0, 0.05) is 26.5 Å². The lowest BCUT2D eigenvalue weighted by Crippen LogP contribution is -2.32. The lowest BCUT2D eigenvalue weighted by molar-refractivity contribution is 0.105. The highest BCUT2D eigenvalue weighted by Crippen LogP contribution is 2.39. The molecule has 0 bridgehead atoms. The number of aliphatic hydroxyl groups is 1. The Morgan fingerprint density at radius 3 is 3.00 bits per heavy atom. The molecule has 0 aliphatic carbocycles. The van der Waals surface area contributed by atoms with Crippen LogP contribution in [0.1, 0.15) is 22.9 Å². The van der Waals surface area contributed by atoms with Crippen LogP contribution in [0.3, 0.4) is 0 Å². The number of carbonyl (C=O) groups excluding carboxylic acids is 1. The van der Waals surface area contributed by atoms with Gasteiger partial charge in [0.05, 0.1) is 19.8 Å². The number of carbonyl (C=O) groups is 1. The number of ether oxygens (including phenoxy) is 1. The van der Waals surface area contributed by atoms with Crippen LogP contribution in [0.25, 0.3) is 10.1 Å². The molecule has 112 valence electrons. The lowest BCUT2D eigenvalue weighted by Gasteiger charge is -2.20. The van der Waals surface area contributed by atoms with Crippen molar-refractivity contribution in [1.29, 1.82) is 0 Å². The van der Waals surface area contributed by atoms with Gasteiger partial charge in [-0.1, -0.05) is 11.6 Å². The molecule has 1 aliphatic rings. The van der Waals surface area contributed by atoms with E-state index in [1.54, 1.807) is 23.2 Å². The molecule has 2 heterocycles. The molecular weight excluding hydrogens is 310 g/mol. The SMILES string of the molecule is CCOC(=O)N1CCc2c(Cl)ccc3sc(CO)c(c23)C1. The average Bonchev–Trinajstić information content (AvgIpc) is 2.69. The van der Waals surface area contributed by atoms with Crippen LogP contribution < -0.4 is 0 Å². The van der Waals surface area contributed by atoms with Crippen LogP contribution in [0, 0.1) is 0 Å². The summed E-state index contributed by atoms with van der Waals surface area (Å²) >= 11 is 7.89. The second-order valence-electron chi connectivity index (χ2n) is 4.93. The third kappa shape index (κ3) is 2.50. The number of hydrogen-bond donors (Lipinski definition) is 1. The van der Waals surface area contributed by atoms with Gasteiger partial charge in [-0.15, -0.1) is 11.3 Å². The Kier molecular flexibility index (Phi) is 4.06. The van der Waals surface area contributed by atoms with Gasteiger partial charge >= 0.3 is 6.09 Å². The molecule has 1 aromatic carbocycles. The quantitative estimate of drug-likeness (QED) is 0.918. The number of amides is 1. The molecule has 0 saturated carbocycles. The lowest BCUT2D eigenvalue weighted by atomic mass is 10.0. The summed E-state index contributed by atoms with van der Waals surface area (Å²) in [6.45, 7) is 3.16. The fourth-order valence-electron chi connectivity index (χ4n) is 2.78. The second kappa shape index (κ2) is 5.83. The third-order valence-electron chi connectivity index (χ3n) is 3.74. The molecule has 0 saturated heterocycles. The maximum atomic E-state index is 12.0. The van der Waals surface area contributed by atoms with E-state index in [2.05, 4.69) is 0 Å². The summed E-state index contributed by atoms with van der Waals surface area (Å²) in [5, 5.41) is 11.4. The van der Waals surface area contributed by atoms with E-state index < -0.39 is 0 Å². The van der Waals surface area contributed by atoms with Crippen LogP contribution in [0.4, 0.5) is 4.79 Å². The maximum Gasteiger partial charge on any atom is 0.410 e.